The van der Waals surface area contributed by atoms with Gasteiger partial charge in [-0.3, -0.25) is 9.59 Å². The van der Waals surface area contributed by atoms with Crippen molar-refractivity contribution in [3.05, 3.63) is 0 Å². The fourth-order valence-electron chi connectivity index (χ4n) is 0.350. The lowest BCUT2D eigenvalue weighted by Crippen LogP contribution is -2.26. The van der Waals surface area contributed by atoms with E-state index in [4.69, 9.17) is 5.73 Å². The standard InChI is InChI=1S/C6H12N2O2S/c1-4(6(7)10)11-3-8-5(2)9/h4H,3H2,1-2H3,(H2,7,10)(H,8,9). The molecule has 0 heterocycles. The number of amides is 2. The molecule has 1 atom stereocenters. The van der Waals surface area contributed by atoms with E-state index in [9.17, 15) is 9.59 Å². The molecule has 0 aliphatic heterocycles. The summed E-state index contributed by atoms with van der Waals surface area (Å²) in [5, 5.41) is 2.30. The van der Waals surface area contributed by atoms with Crippen molar-refractivity contribution < 1.29 is 9.59 Å². The van der Waals surface area contributed by atoms with E-state index in [-0.39, 0.29) is 17.1 Å². The Hall–Kier alpha value is -0.710. The van der Waals surface area contributed by atoms with Crippen LogP contribution in [0.2, 0.25) is 0 Å². The lowest BCUT2D eigenvalue weighted by molar-refractivity contribution is -0.119. The fraction of sp³-hybridized carbons (Fsp3) is 0.667. The second kappa shape index (κ2) is 5.01. The van der Waals surface area contributed by atoms with Crippen LogP contribution in [0.15, 0.2) is 0 Å². The summed E-state index contributed by atoms with van der Waals surface area (Å²) in [6.07, 6.45) is 0. The molecule has 5 heteroatoms. The Bertz CT molecular complexity index is 161. The van der Waals surface area contributed by atoms with Crippen molar-refractivity contribution >= 4 is 23.6 Å². The SMILES string of the molecule is CC(=O)NCSC(C)C(N)=O. The van der Waals surface area contributed by atoms with E-state index in [0.717, 1.165) is 0 Å². The molecule has 0 fully saturated rings. The average molecular weight is 176 g/mol. The number of primary amides is 1. The zero-order valence-electron chi connectivity index (χ0n) is 6.59. The minimum absolute atomic E-state index is 0.103. The molecule has 0 aromatic carbocycles. The van der Waals surface area contributed by atoms with Crippen LogP contribution in [0.25, 0.3) is 0 Å². The van der Waals surface area contributed by atoms with Crippen LogP contribution in [0, 0.1) is 0 Å². The van der Waals surface area contributed by atoms with Gasteiger partial charge in [-0.05, 0) is 6.92 Å². The third-order valence-corrected chi connectivity index (χ3v) is 2.10. The predicted octanol–water partition coefficient (Wildman–Crippen LogP) is -0.313. The van der Waals surface area contributed by atoms with Crippen molar-refractivity contribution in [3.63, 3.8) is 0 Å². The van der Waals surface area contributed by atoms with Gasteiger partial charge in [0, 0.05) is 6.92 Å². The molecule has 0 spiro atoms. The van der Waals surface area contributed by atoms with Gasteiger partial charge in [0.2, 0.25) is 11.8 Å². The van der Waals surface area contributed by atoms with Crippen LogP contribution in [0.4, 0.5) is 0 Å². The zero-order chi connectivity index (χ0) is 8.85. The maximum absolute atomic E-state index is 10.5. The molecular formula is C6H12N2O2S. The van der Waals surface area contributed by atoms with Gasteiger partial charge in [0.05, 0.1) is 11.1 Å². The number of hydrogen-bond acceptors (Lipinski definition) is 3. The van der Waals surface area contributed by atoms with E-state index in [1.165, 1.54) is 18.7 Å². The maximum Gasteiger partial charge on any atom is 0.230 e. The first-order valence-corrected chi connectivity index (χ1v) is 4.24. The van der Waals surface area contributed by atoms with E-state index < -0.39 is 0 Å². The number of rotatable bonds is 4. The van der Waals surface area contributed by atoms with Gasteiger partial charge >= 0.3 is 0 Å². The molecule has 0 saturated heterocycles. The topological polar surface area (TPSA) is 72.2 Å². The first kappa shape index (κ1) is 10.3. The number of carbonyl (C=O) groups is 2. The summed E-state index contributed by atoms with van der Waals surface area (Å²) in [5.41, 5.74) is 4.98. The second-order valence-corrected chi connectivity index (χ2v) is 3.42. The second-order valence-electron chi connectivity index (χ2n) is 2.09. The van der Waals surface area contributed by atoms with Crippen LogP contribution in [0.3, 0.4) is 0 Å². The highest BCUT2D eigenvalue weighted by Crippen LogP contribution is 2.06. The summed E-state index contributed by atoms with van der Waals surface area (Å²) in [4.78, 5) is 20.8. The molecule has 3 N–H and O–H groups in total. The summed E-state index contributed by atoms with van der Waals surface area (Å²) >= 11 is 1.31. The molecule has 0 bridgehead atoms. The molecule has 0 saturated carbocycles. The van der Waals surface area contributed by atoms with Gasteiger partial charge in [-0.2, -0.15) is 0 Å². The Labute approximate surface area is 69.9 Å². The minimum Gasteiger partial charge on any atom is -0.369 e. The summed E-state index contributed by atoms with van der Waals surface area (Å²) < 4.78 is 0. The van der Waals surface area contributed by atoms with Crippen LogP contribution < -0.4 is 11.1 Å². The van der Waals surface area contributed by atoms with Gasteiger partial charge in [-0.1, -0.05) is 0 Å². The van der Waals surface area contributed by atoms with E-state index in [1.54, 1.807) is 6.92 Å². The monoisotopic (exact) mass is 176 g/mol. The number of carbonyl (C=O) groups excluding carboxylic acids is 2. The molecule has 0 aromatic heterocycles. The van der Waals surface area contributed by atoms with Crippen molar-refractivity contribution in [2.75, 3.05) is 5.88 Å². The zero-order valence-corrected chi connectivity index (χ0v) is 7.40. The molecule has 1 unspecified atom stereocenters. The molecule has 0 rings (SSSR count). The van der Waals surface area contributed by atoms with Gasteiger partial charge in [0.15, 0.2) is 0 Å². The quantitative estimate of drug-likeness (QED) is 0.577. The van der Waals surface area contributed by atoms with Gasteiger partial charge in [-0.15, -0.1) is 11.8 Å². The van der Waals surface area contributed by atoms with Gasteiger partial charge in [0.1, 0.15) is 0 Å². The van der Waals surface area contributed by atoms with Crippen molar-refractivity contribution in [2.45, 2.75) is 19.1 Å². The van der Waals surface area contributed by atoms with Crippen molar-refractivity contribution in [3.8, 4) is 0 Å². The van der Waals surface area contributed by atoms with Crippen molar-refractivity contribution in [1.29, 1.82) is 0 Å². The van der Waals surface area contributed by atoms with Crippen LogP contribution >= 0.6 is 11.8 Å². The normalized spacial score (nSPS) is 12.2. The average Bonchev–Trinajstić information content (AvgIpc) is 1.86. The number of thioether (sulfide) groups is 1. The summed E-state index contributed by atoms with van der Waals surface area (Å²) in [7, 11) is 0. The smallest absolute Gasteiger partial charge is 0.230 e. The number of hydrogen-bond donors (Lipinski definition) is 2. The van der Waals surface area contributed by atoms with Gasteiger partial charge in [0.25, 0.3) is 0 Å². The lowest BCUT2D eigenvalue weighted by atomic mass is 10.5. The van der Waals surface area contributed by atoms with Crippen LogP contribution in [0.1, 0.15) is 13.8 Å². The molecule has 4 nitrogen and oxygen atoms in total. The Balaban J connectivity index is 3.39. The number of nitrogens with one attached hydrogen (secondary N) is 1. The minimum atomic E-state index is -0.361. The van der Waals surface area contributed by atoms with Crippen molar-refractivity contribution in [1.82, 2.24) is 5.32 Å². The lowest BCUT2D eigenvalue weighted by Gasteiger charge is -2.06. The first-order valence-electron chi connectivity index (χ1n) is 3.19. The molecule has 0 aliphatic carbocycles. The Morgan fingerprint density at radius 3 is 2.55 bits per heavy atom. The first-order chi connectivity index (χ1) is 5.04. The Kier molecular flexibility index (Phi) is 4.69. The van der Waals surface area contributed by atoms with Crippen LogP contribution in [-0.2, 0) is 9.59 Å². The fourth-order valence-corrected chi connectivity index (χ4v) is 1.05. The summed E-state index contributed by atoms with van der Waals surface area (Å²) in [6.45, 7) is 3.13. The molecule has 64 valence electrons. The van der Waals surface area contributed by atoms with Crippen LogP contribution in [-0.4, -0.2) is 22.9 Å². The molecule has 0 radical (unpaired) electrons. The van der Waals surface area contributed by atoms with Gasteiger partial charge in [-0.25, -0.2) is 0 Å². The molecule has 11 heavy (non-hydrogen) atoms. The van der Waals surface area contributed by atoms with E-state index in [2.05, 4.69) is 5.32 Å². The van der Waals surface area contributed by atoms with E-state index in [0.29, 0.717) is 5.88 Å². The van der Waals surface area contributed by atoms with E-state index >= 15 is 0 Å². The largest absolute Gasteiger partial charge is 0.369 e. The molecular weight excluding hydrogens is 164 g/mol. The Morgan fingerprint density at radius 1 is 1.64 bits per heavy atom. The molecule has 0 aromatic rings. The highest BCUT2D eigenvalue weighted by molar-refractivity contribution is 8.00. The molecule has 0 aliphatic rings. The molecule has 2 amide bonds. The van der Waals surface area contributed by atoms with Gasteiger partial charge < -0.3 is 11.1 Å². The predicted molar refractivity (Wildman–Crippen MR) is 44.9 cm³/mol. The Morgan fingerprint density at radius 2 is 2.18 bits per heavy atom. The highest BCUT2D eigenvalue weighted by atomic mass is 32.2. The third kappa shape index (κ3) is 5.72. The van der Waals surface area contributed by atoms with Crippen molar-refractivity contribution in [2.24, 2.45) is 5.73 Å². The van der Waals surface area contributed by atoms with E-state index in [1.807, 2.05) is 0 Å². The summed E-state index contributed by atoms with van der Waals surface area (Å²) in [6, 6.07) is 0. The highest BCUT2D eigenvalue weighted by Gasteiger charge is 2.07. The third-order valence-electron chi connectivity index (χ3n) is 1.06. The number of nitrogens with two attached hydrogens (primary N) is 1. The summed E-state index contributed by atoms with van der Waals surface area (Å²) in [5.74, 6) is -0.0334. The van der Waals surface area contributed by atoms with Crippen LogP contribution in [0.5, 0.6) is 0 Å². The maximum atomic E-state index is 10.5.